The Hall–Kier alpha value is -3.12. The summed E-state index contributed by atoms with van der Waals surface area (Å²) in [4.78, 5) is 0. The van der Waals surface area contributed by atoms with Crippen LogP contribution in [0.25, 0.3) is 22.3 Å². The molecule has 0 saturated heterocycles. The van der Waals surface area contributed by atoms with Crippen molar-refractivity contribution in [2.45, 2.75) is 78.1 Å². The molecule has 1 aliphatic rings. The first-order valence-electron chi connectivity index (χ1n) is 13.9. The molecule has 0 unspecified atom stereocenters. The molecule has 4 aromatic rings. The van der Waals surface area contributed by atoms with Crippen molar-refractivity contribution in [2.24, 2.45) is 0 Å². The van der Waals surface area contributed by atoms with Gasteiger partial charge in [-0.25, -0.2) is 0 Å². The Balaban J connectivity index is 1.77. The van der Waals surface area contributed by atoms with Gasteiger partial charge in [0.05, 0.1) is 0 Å². The lowest BCUT2D eigenvalue weighted by molar-refractivity contribution is 0.388. The van der Waals surface area contributed by atoms with Crippen molar-refractivity contribution in [3.05, 3.63) is 118 Å². The van der Waals surface area contributed by atoms with Crippen LogP contribution in [0, 0.1) is 13.8 Å². The van der Waals surface area contributed by atoms with E-state index in [9.17, 15) is 0 Å². The average Bonchev–Trinajstić information content (AvgIpc) is 2.92. The van der Waals surface area contributed by atoms with Crippen molar-refractivity contribution in [3.8, 4) is 22.3 Å². The van der Waals surface area contributed by atoms with E-state index in [1.54, 1.807) is 22.3 Å². The second kappa shape index (κ2) is 9.40. The highest BCUT2D eigenvalue weighted by Crippen LogP contribution is 2.56. The predicted octanol–water partition coefficient (Wildman–Crippen LogP) is 10.2. The monoisotopic (exact) mass is 472 g/mol. The fraction of sp³-hybridized carbons (Fsp3) is 0.333. The summed E-state index contributed by atoms with van der Waals surface area (Å²) in [5, 5.41) is 0. The van der Waals surface area contributed by atoms with Gasteiger partial charge in [-0.15, -0.1) is 0 Å². The van der Waals surface area contributed by atoms with E-state index >= 15 is 0 Å². The summed E-state index contributed by atoms with van der Waals surface area (Å²) in [6, 6.07) is 32.7. The molecule has 36 heavy (non-hydrogen) atoms. The molecule has 4 aromatic carbocycles. The highest BCUT2D eigenvalue weighted by atomic mass is 14.5. The van der Waals surface area contributed by atoms with E-state index in [0.717, 1.165) is 25.7 Å². The van der Waals surface area contributed by atoms with E-state index in [4.69, 9.17) is 0 Å². The highest BCUT2D eigenvalue weighted by molar-refractivity contribution is 5.73. The van der Waals surface area contributed by atoms with Crippen molar-refractivity contribution in [1.29, 1.82) is 0 Å². The molecule has 0 fully saturated rings. The number of rotatable bonds is 6. The van der Waals surface area contributed by atoms with Crippen LogP contribution in [0.15, 0.2) is 84.9 Å². The zero-order valence-electron chi connectivity index (χ0n) is 22.9. The number of aryl methyl sites for hydroxylation is 2. The lowest BCUT2D eigenvalue weighted by Crippen LogP contribution is -2.42. The van der Waals surface area contributed by atoms with Gasteiger partial charge in [-0.3, -0.25) is 0 Å². The summed E-state index contributed by atoms with van der Waals surface area (Å²) >= 11 is 0. The largest absolute Gasteiger partial charge is 0.0642 e. The summed E-state index contributed by atoms with van der Waals surface area (Å²) in [6.07, 6.45) is 4.42. The SMILES string of the molecule is CCC1(CC)c2ccc(-c3ccc(C)cc3)cc2C(CC)(CC)c2ccc(-c3ccc(C)cc3)cc21. The first-order valence-corrected chi connectivity index (χ1v) is 13.9. The molecule has 0 amide bonds. The van der Waals surface area contributed by atoms with Gasteiger partial charge in [-0.05, 0) is 96.2 Å². The van der Waals surface area contributed by atoms with Crippen molar-refractivity contribution >= 4 is 0 Å². The topological polar surface area (TPSA) is 0 Å². The van der Waals surface area contributed by atoms with Gasteiger partial charge in [0.1, 0.15) is 0 Å². The molecular weight excluding hydrogens is 432 g/mol. The third-order valence-electron chi connectivity index (χ3n) is 9.29. The smallest absolute Gasteiger partial charge is 0.0204 e. The van der Waals surface area contributed by atoms with E-state index < -0.39 is 0 Å². The van der Waals surface area contributed by atoms with Gasteiger partial charge in [-0.1, -0.05) is 112 Å². The zero-order chi connectivity index (χ0) is 25.5. The molecule has 0 aliphatic heterocycles. The van der Waals surface area contributed by atoms with Crippen LogP contribution in [0.3, 0.4) is 0 Å². The van der Waals surface area contributed by atoms with Crippen LogP contribution in [0.1, 0.15) is 86.8 Å². The molecule has 184 valence electrons. The molecule has 0 aromatic heterocycles. The van der Waals surface area contributed by atoms with Gasteiger partial charge in [0.15, 0.2) is 0 Å². The quantitative estimate of drug-likeness (QED) is 0.262. The number of hydrogen-bond acceptors (Lipinski definition) is 0. The fourth-order valence-electron chi connectivity index (χ4n) is 6.88. The number of hydrogen-bond donors (Lipinski definition) is 0. The molecule has 0 heterocycles. The molecule has 0 heteroatoms. The van der Waals surface area contributed by atoms with Crippen LogP contribution < -0.4 is 0 Å². The lowest BCUT2D eigenvalue weighted by Gasteiger charge is -2.49. The third kappa shape index (κ3) is 3.65. The van der Waals surface area contributed by atoms with Gasteiger partial charge in [0, 0.05) is 10.8 Å². The van der Waals surface area contributed by atoms with E-state index in [0.29, 0.717) is 0 Å². The molecule has 0 saturated carbocycles. The molecule has 0 N–H and O–H groups in total. The van der Waals surface area contributed by atoms with Crippen LogP contribution in [0.5, 0.6) is 0 Å². The number of fused-ring (bicyclic) bond motifs is 2. The third-order valence-corrected chi connectivity index (χ3v) is 9.29. The Kier molecular flexibility index (Phi) is 6.41. The Labute approximate surface area is 218 Å². The van der Waals surface area contributed by atoms with E-state index in [2.05, 4.69) is 126 Å². The fourth-order valence-corrected chi connectivity index (χ4v) is 6.88. The minimum Gasteiger partial charge on any atom is -0.0642 e. The minimum absolute atomic E-state index is 0.0328. The van der Waals surface area contributed by atoms with Crippen LogP contribution in [-0.4, -0.2) is 0 Å². The number of benzene rings is 4. The predicted molar refractivity (Wildman–Crippen MR) is 156 cm³/mol. The molecule has 0 atom stereocenters. The normalized spacial score (nSPS) is 15.3. The molecular formula is C36H40. The molecule has 0 spiro atoms. The maximum absolute atomic E-state index is 2.53. The van der Waals surface area contributed by atoms with Crippen molar-refractivity contribution < 1.29 is 0 Å². The average molecular weight is 473 g/mol. The molecule has 0 radical (unpaired) electrons. The molecule has 0 bridgehead atoms. The summed E-state index contributed by atoms with van der Waals surface area (Å²) in [5.74, 6) is 0. The van der Waals surface area contributed by atoms with Gasteiger partial charge in [0.2, 0.25) is 0 Å². The first-order chi connectivity index (χ1) is 17.4. The summed E-state index contributed by atoms with van der Waals surface area (Å²) in [7, 11) is 0. The maximum atomic E-state index is 2.53. The van der Waals surface area contributed by atoms with Crippen molar-refractivity contribution in [1.82, 2.24) is 0 Å². The van der Waals surface area contributed by atoms with Crippen LogP contribution in [0.2, 0.25) is 0 Å². The van der Waals surface area contributed by atoms with Crippen LogP contribution >= 0.6 is 0 Å². The lowest BCUT2D eigenvalue weighted by atomic mass is 9.54. The minimum atomic E-state index is 0.0328. The van der Waals surface area contributed by atoms with Gasteiger partial charge < -0.3 is 0 Å². The van der Waals surface area contributed by atoms with E-state index in [1.807, 2.05) is 0 Å². The van der Waals surface area contributed by atoms with Crippen LogP contribution in [0.4, 0.5) is 0 Å². The van der Waals surface area contributed by atoms with Gasteiger partial charge in [-0.2, -0.15) is 0 Å². The summed E-state index contributed by atoms with van der Waals surface area (Å²) in [5.41, 5.74) is 14.1. The molecule has 5 rings (SSSR count). The first kappa shape index (κ1) is 24.6. The van der Waals surface area contributed by atoms with E-state index in [1.165, 1.54) is 33.4 Å². The second-order valence-electron chi connectivity index (χ2n) is 10.8. The highest BCUT2D eigenvalue weighted by Gasteiger charge is 2.47. The maximum Gasteiger partial charge on any atom is 0.0204 e. The van der Waals surface area contributed by atoms with Crippen molar-refractivity contribution in [3.63, 3.8) is 0 Å². The Bertz CT molecular complexity index is 1250. The standard InChI is InChI=1S/C36H40/c1-7-35(8-2)31-21-19-30(28-17-13-26(6)14-18-28)24-34(31)36(9-3,10-4)32-22-20-29(23-33(32)35)27-15-11-25(5)12-16-27/h11-24H,7-10H2,1-6H3. The van der Waals surface area contributed by atoms with Crippen molar-refractivity contribution in [2.75, 3.05) is 0 Å². The van der Waals surface area contributed by atoms with E-state index in [-0.39, 0.29) is 10.8 Å². The Morgan fingerprint density at radius 2 is 0.694 bits per heavy atom. The second-order valence-corrected chi connectivity index (χ2v) is 10.8. The summed E-state index contributed by atoms with van der Waals surface area (Å²) < 4.78 is 0. The Morgan fingerprint density at radius 1 is 0.389 bits per heavy atom. The molecule has 1 aliphatic carbocycles. The molecule has 0 nitrogen and oxygen atoms in total. The Morgan fingerprint density at radius 3 is 1.00 bits per heavy atom. The van der Waals surface area contributed by atoms with Crippen LogP contribution in [-0.2, 0) is 10.8 Å². The summed E-state index contributed by atoms with van der Waals surface area (Å²) in [6.45, 7) is 13.9. The zero-order valence-corrected chi connectivity index (χ0v) is 22.9. The van der Waals surface area contributed by atoms with Gasteiger partial charge >= 0.3 is 0 Å². The van der Waals surface area contributed by atoms with Gasteiger partial charge in [0.25, 0.3) is 0 Å².